The summed E-state index contributed by atoms with van der Waals surface area (Å²) in [4.78, 5) is 20.0. The third-order valence-corrected chi connectivity index (χ3v) is 5.95. The maximum atomic E-state index is 4.84. The molecule has 7 heteroatoms. The molecule has 6 nitrogen and oxygen atoms in total. The molecule has 28 heavy (non-hydrogen) atoms. The van der Waals surface area contributed by atoms with Crippen molar-refractivity contribution in [2.75, 3.05) is 23.3 Å². The Morgan fingerprint density at radius 3 is 2.75 bits per heavy atom. The zero-order chi connectivity index (χ0) is 18.9. The van der Waals surface area contributed by atoms with Gasteiger partial charge < -0.3 is 15.2 Å². The van der Waals surface area contributed by atoms with Gasteiger partial charge in [-0.25, -0.2) is 4.98 Å². The number of rotatable bonds is 5. The number of hydrogen-bond acceptors (Lipinski definition) is 6. The van der Waals surface area contributed by atoms with Crippen LogP contribution in [0.5, 0.6) is 0 Å². The number of benzene rings is 1. The summed E-state index contributed by atoms with van der Waals surface area (Å²) in [6.07, 6.45) is 2.41. The molecule has 1 saturated heterocycles. The molecule has 2 N–H and O–H groups in total. The highest BCUT2D eigenvalue weighted by Crippen LogP contribution is 2.27. The van der Waals surface area contributed by atoms with Gasteiger partial charge >= 0.3 is 0 Å². The van der Waals surface area contributed by atoms with Crippen LogP contribution in [0, 0.1) is 6.92 Å². The number of aromatic nitrogens is 4. The molecule has 4 heterocycles. The van der Waals surface area contributed by atoms with Gasteiger partial charge in [0.25, 0.3) is 0 Å². The number of H-pyrrole nitrogens is 1. The maximum Gasteiger partial charge on any atom is 0.229 e. The summed E-state index contributed by atoms with van der Waals surface area (Å²) < 4.78 is 0. The number of aromatic amines is 1. The van der Waals surface area contributed by atoms with E-state index >= 15 is 0 Å². The Morgan fingerprint density at radius 2 is 1.93 bits per heavy atom. The molecule has 0 spiro atoms. The Bertz CT molecular complexity index is 1090. The molecular weight excluding hydrogens is 368 g/mol. The van der Waals surface area contributed by atoms with Gasteiger partial charge in [-0.2, -0.15) is 9.97 Å². The lowest BCUT2D eigenvalue weighted by molar-refractivity contribution is 0.903. The molecule has 1 aliphatic heterocycles. The van der Waals surface area contributed by atoms with Gasteiger partial charge in [-0.05, 0) is 25.8 Å². The zero-order valence-corrected chi connectivity index (χ0v) is 16.6. The minimum atomic E-state index is 0.638. The van der Waals surface area contributed by atoms with E-state index in [9.17, 15) is 0 Å². The van der Waals surface area contributed by atoms with Crippen LogP contribution < -0.4 is 10.2 Å². The molecule has 0 bridgehead atoms. The average molecular weight is 391 g/mol. The third kappa shape index (κ3) is 3.33. The number of hydrogen-bond donors (Lipinski definition) is 2. The lowest BCUT2D eigenvalue weighted by atomic mass is 10.2. The Balaban J connectivity index is 1.41. The van der Waals surface area contributed by atoms with Gasteiger partial charge in [0.2, 0.25) is 5.95 Å². The van der Waals surface area contributed by atoms with Crippen molar-refractivity contribution in [3.05, 3.63) is 53.2 Å². The highest BCUT2D eigenvalue weighted by atomic mass is 32.1. The summed E-state index contributed by atoms with van der Waals surface area (Å²) in [6, 6.07) is 12.4. The molecule has 1 aliphatic rings. The second kappa shape index (κ2) is 7.24. The molecule has 3 aromatic heterocycles. The fourth-order valence-electron chi connectivity index (χ4n) is 3.60. The van der Waals surface area contributed by atoms with E-state index < -0.39 is 0 Å². The van der Waals surface area contributed by atoms with Crippen molar-refractivity contribution in [2.45, 2.75) is 26.3 Å². The minimum Gasteiger partial charge on any atom is -0.364 e. The summed E-state index contributed by atoms with van der Waals surface area (Å²) in [5.41, 5.74) is 4.15. The van der Waals surface area contributed by atoms with Crippen LogP contribution in [0.2, 0.25) is 0 Å². The molecule has 1 fully saturated rings. The van der Waals surface area contributed by atoms with Gasteiger partial charge in [0.15, 0.2) is 0 Å². The van der Waals surface area contributed by atoms with Gasteiger partial charge in [-0.1, -0.05) is 30.3 Å². The van der Waals surface area contributed by atoms with Crippen molar-refractivity contribution in [1.82, 2.24) is 19.9 Å². The monoisotopic (exact) mass is 390 g/mol. The van der Waals surface area contributed by atoms with Crippen molar-refractivity contribution < 1.29 is 0 Å². The fraction of sp³-hybridized carbons (Fsp3) is 0.286. The molecule has 0 atom stereocenters. The van der Waals surface area contributed by atoms with Gasteiger partial charge in [-0.15, -0.1) is 11.3 Å². The number of anilines is 2. The first-order chi connectivity index (χ1) is 13.8. The van der Waals surface area contributed by atoms with Gasteiger partial charge in [0, 0.05) is 29.7 Å². The van der Waals surface area contributed by atoms with E-state index in [4.69, 9.17) is 15.0 Å². The van der Waals surface area contributed by atoms with Gasteiger partial charge in [0.05, 0.1) is 17.6 Å². The first kappa shape index (κ1) is 17.2. The van der Waals surface area contributed by atoms with E-state index in [-0.39, 0.29) is 0 Å². The Kier molecular flexibility index (Phi) is 4.44. The van der Waals surface area contributed by atoms with E-state index in [2.05, 4.69) is 38.8 Å². The zero-order valence-electron chi connectivity index (χ0n) is 15.8. The predicted molar refractivity (Wildman–Crippen MR) is 115 cm³/mol. The van der Waals surface area contributed by atoms with E-state index in [1.165, 1.54) is 12.8 Å². The predicted octanol–water partition coefficient (Wildman–Crippen LogP) is 4.60. The highest BCUT2D eigenvalue weighted by Gasteiger charge is 2.18. The largest absolute Gasteiger partial charge is 0.364 e. The standard InChI is InChI=1S/C21H22N6S/c1-14-11-17-18(25-21(26-19(17)23-14)27-9-5-6-10-27)22-12-16-13-28-20(24-16)15-7-3-2-4-8-15/h2-4,7-8,11,13H,5-6,9-10,12H2,1H3,(H2,22,23,25,26). The molecule has 0 unspecified atom stereocenters. The van der Waals surface area contributed by atoms with Crippen LogP contribution in [-0.4, -0.2) is 33.0 Å². The molecule has 142 valence electrons. The van der Waals surface area contributed by atoms with Crippen molar-refractivity contribution in [3.8, 4) is 10.6 Å². The van der Waals surface area contributed by atoms with Crippen LogP contribution in [0.1, 0.15) is 24.2 Å². The molecule has 0 aliphatic carbocycles. The lowest BCUT2D eigenvalue weighted by Crippen LogP contribution is -2.21. The number of fused-ring (bicyclic) bond motifs is 1. The lowest BCUT2D eigenvalue weighted by Gasteiger charge is -2.16. The second-order valence-corrected chi connectivity index (χ2v) is 8.00. The fourth-order valence-corrected chi connectivity index (χ4v) is 4.42. The second-order valence-electron chi connectivity index (χ2n) is 7.14. The van der Waals surface area contributed by atoms with Crippen molar-refractivity contribution >= 4 is 34.1 Å². The smallest absolute Gasteiger partial charge is 0.229 e. The van der Waals surface area contributed by atoms with Crippen molar-refractivity contribution in [3.63, 3.8) is 0 Å². The maximum absolute atomic E-state index is 4.84. The van der Waals surface area contributed by atoms with Crippen LogP contribution in [0.3, 0.4) is 0 Å². The Morgan fingerprint density at radius 1 is 1.11 bits per heavy atom. The summed E-state index contributed by atoms with van der Waals surface area (Å²) in [7, 11) is 0. The van der Waals surface area contributed by atoms with E-state index in [1.807, 2.05) is 25.1 Å². The molecule has 1 aromatic carbocycles. The number of nitrogens with one attached hydrogen (secondary N) is 2. The van der Waals surface area contributed by atoms with Crippen LogP contribution >= 0.6 is 11.3 Å². The third-order valence-electron chi connectivity index (χ3n) is 5.01. The molecular formula is C21H22N6S. The normalized spacial score (nSPS) is 14.1. The van der Waals surface area contributed by atoms with Crippen LogP contribution in [0.25, 0.3) is 21.6 Å². The van der Waals surface area contributed by atoms with Crippen molar-refractivity contribution in [1.29, 1.82) is 0 Å². The quantitative estimate of drug-likeness (QED) is 0.521. The molecule has 0 radical (unpaired) electrons. The summed E-state index contributed by atoms with van der Waals surface area (Å²) >= 11 is 1.67. The summed E-state index contributed by atoms with van der Waals surface area (Å²) in [5.74, 6) is 1.67. The van der Waals surface area contributed by atoms with Gasteiger partial charge in [-0.3, -0.25) is 0 Å². The molecule has 4 aromatic rings. The first-order valence-corrected chi connectivity index (χ1v) is 10.5. The first-order valence-electron chi connectivity index (χ1n) is 9.62. The SMILES string of the molecule is Cc1cc2c(NCc3csc(-c4ccccc4)n3)nc(N3CCCC3)nc2[nH]1. The van der Waals surface area contributed by atoms with E-state index in [0.29, 0.717) is 6.54 Å². The molecule has 0 saturated carbocycles. The van der Waals surface area contributed by atoms with E-state index in [0.717, 1.165) is 57.8 Å². The van der Waals surface area contributed by atoms with Crippen molar-refractivity contribution in [2.24, 2.45) is 0 Å². The highest BCUT2D eigenvalue weighted by molar-refractivity contribution is 7.13. The van der Waals surface area contributed by atoms with Crippen LogP contribution in [0.4, 0.5) is 11.8 Å². The Hall–Kier alpha value is -2.93. The topological polar surface area (TPSA) is 69.7 Å². The minimum absolute atomic E-state index is 0.638. The Labute approximate surface area is 167 Å². The molecule has 5 rings (SSSR count). The van der Waals surface area contributed by atoms with Crippen LogP contribution in [0.15, 0.2) is 41.8 Å². The number of aryl methyl sites for hydroxylation is 1. The summed E-state index contributed by atoms with van der Waals surface area (Å²) in [6.45, 7) is 4.74. The van der Waals surface area contributed by atoms with Gasteiger partial charge in [0.1, 0.15) is 16.5 Å². The van der Waals surface area contributed by atoms with E-state index in [1.54, 1.807) is 11.3 Å². The van der Waals surface area contributed by atoms with Crippen LogP contribution in [-0.2, 0) is 6.54 Å². The molecule has 0 amide bonds. The average Bonchev–Trinajstić information content (AvgIpc) is 3.46. The number of thiazole rings is 1. The number of nitrogens with zero attached hydrogens (tertiary/aromatic N) is 4. The summed E-state index contributed by atoms with van der Waals surface area (Å²) in [5, 5.41) is 7.67.